The molecule has 5 heteroatoms. The van der Waals surface area contributed by atoms with Crippen molar-refractivity contribution in [3.8, 4) is 0 Å². The highest BCUT2D eigenvalue weighted by molar-refractivity contribution is 5.37. The molecule has 5 nitrogen and oxygen atoms in total. The van der Waals surface area contributed by atoms with Gasteiger partial charge in [-0.05, 0) is 41.7 Å². The van der Waals surface area contributed by atoms with Gasteiger partial charge in [-0.3, -0.25) is 0 Å². The van der Waals surface area contributed by atoms with Gasteiger partial charge in [0.25, 0.3) is 0 Å². The number of anilines is 1. The molecule has 21 heavy (non-hydrogen) atoms. The predicted octanol–water partition coefficient (Wildman–Crippen LogP) is 1.73. The quantitative estimate of drug-likeness (QED) is 0.919. The minimum atomic E-state index is 0.106. The number of piperazine rings is 1. The molecule has 0 aromatic carbocycles. The topological polar surface area (TPSA) is 44.3 Å². The molecule has 0 bridgehead atoms. The first kappa shape index (κ1) is 16.2. The Morgan fingerprint density at radius 1 is 1.00 bits per heavy atom. The zero-order chi connectivity index (χ0) is 15.6. The molecule has 1 aliphatic rings. The second-order valence-corrected chi connectivity index (χ2v) is 7.07. The summed E-state index contributed by atoms with van der Waals surface area (Å²) in [5.74, 6) is 0.887. The van der Waals surface area contributed by atoms with Gasteiger partial charge in [0.05, 0.1) is 0 Å². The molecule has 1 fully saturated rings. The lowest BCUT2D eigenvalue weighted by Crippen LogP contribution is -2.45. The lowest BCUT2D eigenvalue weighted by atomic mass is 10.1. The van der Waals surface area contributed by atoms with Crippen LogP contribution in [0.5, 0.6) is 0 Å². The molecular weight excluding hydrogens is 262 g/mol. The molecule has 2 heterocycles. The smallest absolute Gasteiger partial charge is 0.225 e. The van der Waals surface area contributed by atoms with Gasteiger partial charge in [0.1, 0.15) is 0 Å². The van der Waals surface area contributed by atoms with E-state index in [-0.39, 0.29) is 5.54 Å². The third-order valence-electron chi connectivity index (χ3n) is 3.99. The molecule has 1 aliphatic heterocycles. The summed E-state index contributed by atoms with van der Waals surface area (Å²) in [4.78, 5) is 14.1. The summed E-state index contributed by atoms with van der Waals surface area (Å²) in [6.45, 7) is 15.7. The molecule has 0 atom stereocenters. The molecule has 0 spiro atoms. The third-order valence-corrected chi connectivity index (χ3v) is 3.99. The van der Waals surface area contributed by atoms with Gasteiger partial charge in [0.15, 0.2) is 0 Å². The second kappa shape index (κ2) is 6.28. The Morgan fingerprint density at radius 3 is 2.00 bits per heavy atom. The summed E-state index contributed by atoms with van der Waals surface area (Å²) >= 11 is 0. The maximum absolute atomic E-state index is 4.74. The van der Waals surface area contributed by atoms with Crippen molar-refractivity contribution >= 4 is 5.95 Å². The molecule has 1 N–H and O–H groups in total. The minimum absolute atomic E-state index is 0.106. The first-order chi connectivity index (χ1) is 9.76. The lowest BCUT2D eigenvalue weighted by molar-refractivity contribution is 0.311. The van der Waals surface area contributed by atoms with Crippen LogP contribution in [-0.4, -0.2) is 53.6 Å². The number of aromatic nitrogens is 2. The van der Waals surface area contributed by atoms with Gasteiger partial charge in [-0.15, -0.1) is 0 Å². The van der Waals surface area contributed by atoms with Crippen molar-refractivity contribution in [2.45, 2.75) is 46.7 Å². The molecule has 0 aliphatic carbocycles. The highest BCUT2D eigenvalue weighted by Gasteiger charge is 2.19. The van der Waals surface area contributed by atoms with Gasteiger partial charge in [0, 0.05) is 55.2 Å². The van der Waals surface area contributed by atoms with E-state index in [1.54, 1.807) is 0 Å². The Kier molecular flexibility index (Phi) is 4.84. The van der Waals surface area contributed by atoms with E-state index in [4.69, 9.17) is 9.97 Å². The molecule has 0 radical (unpaired) electrons. The van der Waals surface area contributed by atoms with E-state index in [2.05, 4.69) is 56.8 Å². The molecule has 0 saturated carbocycles. The number of hydrogen-bond acceptors (Lipinski definition) is 5. The van der Waals surface area contributed by atoms with Crippen molar-refractivity contribution in [3.05, 3.63) is 17.0 Å². The molecule has 1 aromatic heterocycles. The first-order valence-corrected chi connectivity index (χ1v) is 7.79. The van der Waals surface area contributed by atoms with Gasteiger partial charge in [-0.25, -0.2) is 9.97 Å². The van der Waals surface area contributed by atoms with Crippen molar-refractivity contribution in [2.24, 2.45) is 0 Å². The van der Waals surface area contributed by atoms with Crippen LogP contribution in [0, 0.1) is 13.8 Å². The van der Waals surface area contributed by atoms with Crippen molar-refractivity contribution in [1.82, 2.24) is 20.2 Å². The monoisotopic (exact) mass is 291 g/mol. The SMILES string of the molecule is Cc1nc(N2CCN(C)CC2)nc(C)c1CNC(C)(C)C. The highest BCUT2D eigenvalue weighted by Crippen LogP contribution is 2.17. The summed E-state index contributed by atoms with van der Waals surface area (Å²) in [6.07, 6.45) is 0. The Bertz CT molecular complexity index is 461. The zero-order valence-electron chi connectivity index (χ0n) is 14.3. The highest BCUT2D eigenvalue weighted by atomic mass is 15.3. The zero-order valence-corrected chi connectivity index (χ0v) is 14.3. The van der Waals surface area contributed by atoms with Crippen molar-refractivity contribution in [2.75, 3.05) is 38.1 Å². The van der Waals surface area contributed by atoms with Crippen molar-refractivity contribution in [3.63, 3.8) is 0 Å². The van der Waals surface area contributed by atoms with Gasteiger partial charge < -0.3 is 15.1 Å². The number of nitrogens with zero attached hydrogens (tertiary/aromatic N) is 4. The molecule has 118 valence electrons. The number of likely N-dealkylation sites (N-methyl/N-ethyl adjacent to an activating group) is 1. The number of rotatable bonds is 3. The van der Waals surface area contributed by atoms with Gasteiger partial charge >= 0.3 is 0 Å². The summed E-state index contributed by atoms with van der Waals surface area (Å²) in [7, 11) is 2.16. The van der Waals surface area contributed by atoms with E-state index in [1.807, 2.05) is 0 Å². The van der Waals surface area contributed by atoms with Crippen LogP contribution < -0.4 is 10.2 Å². The van der Waals surface area contributed by atoms with Gasteiger partial charge in [-0.2, -0.15) is 0 Å². The van der Waals surface area contributed by atoms with Crippen LogP contribution in [0.1, 0.15) is 37.7 Å². The summed E-state index contributed by atoms with van der Waals surface area (Å²) < 4.78 is 0. The average molecular weight is 291 g/mol. The van der Waals surface area contributed by atoms with Crippen LogP contribution in [0.15, 0.2) is 0 Å². The second-order valence-electron chi connectivity index (χ2n) is 7.07. The molecule has 1 aromatic rings. The van der Waals surface area contributed by atoms with E-state index >= 15 is 0 Å². The van der Waals surface area contributed by atoms with E-state index in [9.17, 15) is 0 Å². The fourth-order valence-corrected chi connectivity index (χ4v) is 2.48. The maximum Gasteiger partial charge on any atom is 0.225 e. The predicted molar refractivity (Wildman–Crippen MR) is 87.8 cm³/mol. The molecule has 0 unspecified atom stereocenters. The van der Waals surface area contributed by atoms with E-state index in [0.29, 0.717) is 0 Å². The number of aryl methyl sites for hydroxylation is 2. The van der Waals surface area contributed by atoms with Crippen molar-refractivity contribution in [1.29, 1.82) is 0 Å². The summed E-state index contributed by atoms with van der Waals surface area (Å²) in [5, 5.41) is 3.52. The van der Waals surface area contributed by atoms with Crippen molar-refractivity contribution < 1.29 is 0 Å². The number of nitrogens with one attached hydrogen (secondary N) is 1. The number of hydrogen-bond donors (Lipinski definition) is 1. The van der Waals surface area contributed by atoms with Gasteiger partial charge in [0.2, 0.25) is 5.95 Å². The molecule has 1 saturated heterocycles. The summed E-state index contributed by atoms with van der Waals surface area (Å²) in [6, 6.07) is 0. The van der Waals surface area contributed by atoms with Crippen LogP contribution in [-0.2, 0) is 6.54 Å². The maximum atomic E-state index is 4.74. The summed E-state index contributed by atoms with van der Waals surface area (Å²) in [5.41, 5.74) is 3.51. The largest absolute Gasteiger partial charge is 0.338 e. The van der Waals surface area contributed by atoms with E-state index in [0.717, 1.165) is 50.1 Å². The fourth-order valence-electron chi connectivity index (χ4n) is 2.48. The first-order valence-electron chi connectivity index (χ1n) is 7.79. The van der Waals surface area contributed by atoms with Gasteiger partial charge in [-0.1, -0.05) is 0 Å². The Labute approximate surface area is 128 Å². The normalized spacial score (nSPS) is 17.3. The van der Waals surface area contributed by atoms with Crippen LogP contribution in [0.25, 0.3) is 0 Å². The fraction of sp³-hybridized carbons (Fsp3) is 0.750. The Balaban J connectivity index is 2.13. The van der Waals surface area contributed by atoms with E-state index < -0.39 is 0 Å². The third kappa shape index (κ3) is 4.38. The lowest BCUT2D eigenvalue weighted by Gasteiger charge is -2.33. The molecule has 0 amide bonds. The molecule has 2 rings (SSSR count). The average Bonchev–Trinajstić information content (AvgIpc) is 2.37. The van der Waals surface area contributed by atoms with Crippen LogP contribution >= 0.6 is 0 Å². The Hall–Kier alpha value is -1.20. The minimum Gasteiger partial charge on any atom is -0.338 e. The van der Waals surface area contributed by atoms with E-state index in [1.165, 1.54) is 5.56 Å². The Morgan fingerprint density at radius 2 is 1.52 bits per heavy atom. The van der Waals surface area contributed by atoms with Crippen LogP contribution in [0.3, 0.4) is 0 Å². The van der Waals surface area contributed by atoms with Crippen LogP contribution in [0.2, 0.25) is 0 Å². The van der Waals surface area contributed by atoms with Crippen LogP contribution in [0.4, 0.5) is 5.95 Å². The standard InChI is InChI=1S/C16H29N5/c1-12-14(11-17-16(3,4)5)13(2)19-15(18-12)21-9-7-20(6)8-10-21/h17H,7-11H2,1-6H3. The molecular formula is C16H29N5.